The number of rotatable bonds is 6. The molecular weight excluding hydrogens is 248 g/mol. The molecule has 18 heavy (non-hydrogen) atoms. The van der Waals surface area contributed by atoms with E-state index >= 15 is 0 Å². The summed E-state index contributed by atoms with van der Waals surface area (Å²) in [5.41, 5.74) is 1.58. The number of oxazole rings is 1. The van der Waals surface area contributed by atoms with Gasteiger partial charge in [0, 0.05) is 6.54 Å². The molecule has 4 nitrogen and oxygen atoms in total. The zero-order valence-corrected chi connectivity index (χ0v) is 11.1. The summed E-state index contributed by atoms with van der Waals surface area (Å²) in [7, 11) is 0. The van der Waals surface area contributed by atoms with Gasteiger partial charge >= 0.3 is 0 Å². The summed E-state index contributed by atoms with van der Waals surface area (Å²) in [4.78, 5) is 15.8. The molecule has 0 spiro atoms. The summed E-state index contributed by atoms with van der Waals surface area (Å²) in [6.07, 6.45) is 2.10. The van der Waals surface area contributed by atoms with Gasteiger partial charge in [-0.15, -0.1) is 0 Å². The van der Waals surface area contributed by atoms with Gasteiger partial charge in [0.15, 0.2) is 5.58 Å². The monoisotopic (exact) mass is 264 g/mol. The second kappa shape index (κ2) is 6.44. The molecule has 0 aliphatic heterocycles. The first-order valence-electron chi connectivity index (χ1n) is 6.04. The molecule has 0 saturated carbocycles. The van der Waals surface area contributed by atoms with E-state index in [2.05, 4.69) is 17.2 Å². The number of nitrogens with zero attached hydrogens (tertiary/aromatic N) is 1. The predicted molar refractivity (Wildman–Crippen MR) is 72.7 cm³/mol. The van der Waals surface area contributed by atoms with E-state index in [0.717, 1.165) is 30.5 Å². The lowest BCUT2D eigenvalue weighted by Gasteiger charge is -2.01. The van der Waals surface area contributed by atoms with E-state index in [1.165, 1.54) is 11.8 Å². The molecule has 0 aliphatic rings. The minimum atomic E-state index is 0.0238. The van der Waals surface area contributed by atoms with Crippen molar-refractivity contribution >= 4 is 28.8 Å². The Kier molecular flexibility index (Phi) is 4.64. The zero-order valence-electron chi connectivity index (χ0n) is 10.3. The maximum Gasteiger partial charge on any atom is 0.257 e. The summed E-state index contributed by atoms with van der Waals surface area (Å²) < 4.78 is 5.52. The van der Waals surface area contributed by atoms with Crippen LogP contribution in [0, 0.1) is 0 Å². The number of nitrogens with one attached hydrogen (secondary N) is 1. The summed E-state index contributed by atoms with van der Waals surface area (Å²) in [5, 5.41) is 3.40. The molecule has 0 aliphatic carbocycles. The first-order valence-corrected chi connectivity index (χ1v) is 7.03. The number of hydrogen-bond donors (Lipinski definition) is 1. The van der Waals surface area contributed by atoms with E-state index in [-0.39, 0.29) is 5.91 Å². The number of unbranched alkanes of at least 4 members (excludes halogenated alkanes) is 1. The van der Waals surface area contributed by atoms with Gasteiger partial charge in [0.2, 0.25) is 5.91 Å². The average Bonchev–Trinajstić information content (AvgIpc) is 2.79. The van der Waals surface area contributed by atoms with Crippen LogP contribution in [0.25, 0.3) is 11.1 Å². The molecule has 1 aromatic carbocycles. The van der Waals surface area contributed by atoms with Gasteiger partial charge in [0.25, 0.3) is 5.22 Å². The van der Waals surface area contributed by atoms with Crippen LogP contribution in [0.1, 0.15) is 19.8 Å². The number of thioether (sulfide) groups is 1. The molecule has 1 N–H and O–H groups in total. The highest BCUT2D eigenvalue weighted by molar-refractivity contribution is 7.99. The van der Waals surface area contributed by atoms with E-state index in [1.807, 2.05) is 24.3 Å². The summed E-state index contributed by atoms with van der Waals surface area (Å²) >= 11 is 1.32. The lowest BCUT2D eigenvalue weighted by atomic mass is 10.3. The first-order chi connectivity index (χ1) is 8.79. The van der Waals surface area contributed by atoms with Gasteiger partial charge < -0.3 is 9.73 Å². The minimum absolute atomic E-state index is 0.0238. The van der Waals surface area contributed by atoms with Crippen molar-refractivity contribution in [2.45, 2.75) is 25.0 Å². The van der Waals surface area contributed by atoms with Gasteiger partial charge in [0.05, 0.1) is 5.75 Å². The van der Waals surface area contributed by atoms with Crippen molar-refractivity contribution in [1.82, 2.24) is 10.3 Å². The zero-order chi connectivity index (χ0) is 12.8. The second-order valence-electron chi connectivity index (χ2n) is 3.94. The molecule has 2 rings (SSSR count). The average molecular weight is 264 g/mol. The molecular formula is C13H16N2O2S. The minimum Gasteiger partial charge on any atom is -0.431 e. The van der Waals surface area contributed by atoms with Gasteiger partial charge in [-0.3, -0.25) is 4.79 Å². The fourth-order valence-electron chi connectivity index (χ4n) is 1.50. The van der Waals surface area contributed by atoms with Crippen LogP contribution < -0.4 is 5.32 Å². The van der Waals surface area contributed by atoms with Crippen molar-refractivity contribution in [3.05, 3.63) is 24.3 Å². The van der Waals surface area contributed by atoms with Crippen LogP contribution in [0.4, 0.5) is 0 Å². The van der Waals surface area contributed by atoms with Gasteiger partial charge in [-0.05, 0) is 18.6 Å². The van der Waals surface area contributed by atoms with Crippen molar-refractivity contribution in [1.29, 1.82) is 0 Å². The van der Waals surface area contributed by atoms with Crippen LogP contribution in [-0.4, -0.2) is 23.2 Å². The lowest BCUT2D eigenvalue weighted by Crippen LogP contribution is -2.25. The fraction of sp³-hybridized carbons (Fsp3) is 0.385. The van der Waals surface area contributed by atoms with E-state index < -0.39 is 0 Å². The van der Waals surface area contributed by atoms with Crippen molar-refractivity contribution in [3.63, 3.8) is 0 Å². The molecule has 0 fully saturated rings. The molecule has 2 aromatic rings. The Morgan fingerprint density at radius 2 is 2.28 bits per heavy atom. The standard InChI is InChI=1S/C13H16N2O2S/c1-2-3-8-14-12(16)9-18-13-15-10-6-4-5-7-11(10)17-13/h4-7H,2-3,8-9H2,1H3,(H,14,16). The van der Waals surface area contributed by atoms with Gasteiger partial charge in [-0.2, -0.15) is 0 Å². The van der Waals surface area contributed by atoms with Crippen molar-refractivity contribution in [2.24, 2.45) is 0 Å². The maximum absolute atomic E-state index is 11.5. The molecule has 96 valence electrons. The lowest BCUT2D eigenvalue weighted by molar-refractivity contribution is -0.118. The van der Waals surface area contributed by atoms with E-state index in [0.29, 0.717) is 11.0 Å². The Balaban J connectivity index is 1.84. The number of amides is 1. The third kappa shape index (κ3) is 3.50. The Labute approximate surface area is 110 Å². The molecule has 1 heterocycles. The van der Waals surface area contributed by atoms with Crippen LogP contribution in [0.2, 0.25) is 0 Å². The predicted octanol–water partition coefficient (Wildman–Crippen LogP) is 2.84. The van der Waals surface area contributed by atoms with Gasteiger partial charge in [-0.1, -0.05) is 37.2 Å². The smallest absolute Gasteiger partial charge is 0.257 e. The second-order valence-corrected chi connectivity index (χ2v) is 4.87. The third-order valence-corrected chi connectivity index (χ3v) is 3.28. The van der Waals surface area contributed by atoms with Crippen LogP contribution in [0.3, 0.4) is 0 Å². The largest absolute Gasteiger partial charge is 0.431 e. The third-order valence-electron chi connectivity index (χ3n) is 2.45. The first kappa shape index (κ1) is 13.0. The normalized spacial score (nSPS) is 10.7. The number of fused-ring (bicyclic) bond motifs is 1. The summed E-state index contributed by atoms with van der Waals surface area (Å²) in [5.74, 6) is 0.368. The van der Waals surface area contributed by atoms with Crippen LogP contribution in [0.15, 0.2) is 33.9 Å². The molecule has 5 heteroatoms. The molecule has 0 bridgehead atoms. The van der Waals surface area contributed by atoms with Crippen LogP contribution >= 0.6 is 11.8 Å². The van der Waals surface area contributed by atoms with Crippen molar-refractivity contribution in [3.8, 4) is 0 Å². The molecule has 0 radical (unpaired) electrons. The number of aromatic nitrogens is 1. The fourth-order valence-corrected chi connectivity index (χ4v) is 2.16. The molecule has 1 aromatic heterocycles. The Bertz CT molecular complexity index is 491. The number of carbonyl (C=O) groups is 1. The highest BCUT2D eigenvalue weighted by atomic mass is 32.2. The summed E-state index contributed by atoms with van der Waals surface area (Å²) in [6, 6.07) is 7.58. The molecule has 0 saturated heterocycles. The number of benzene rings is 1. The highest BCUT2D eigenvalue weighted by Gasteiger charge is 2.08. The quantitative estimate of drug-likeness (QED) is 0.644. The van der Waals surface area contributed by atoms with E-state index in [1.54, 1.807) is 0 Å². The summed E-state index contributed by atoms with van der Waals surface area (Å²) in [6.45, 7) is 2.84. The van der Waals surface area contributed by atoms with Gasteiger partial charge in [-0.25, -0.2) is 4.98 Å². The van der Waals surface area contributed by atoms with Gasteiger partial charge in [0.1, 0.15) is 5.52 Å². The molecule has 0 unspecified atom stereocenters. The number of hydrogen-bond acceptors (Lipinski definition) is 4. The SMILES string of the molecule is CCCCNC(=O)CSc1nc2ccccc2o1. The highest BCUT2D eigenvalue weighted by Crippen LogP contribution is 2.22. The molecule has 1 amide bonds. The van der Waals surface area contributed by atoms with E-state index in [9.17, 15) is 4.79 Å². The Hall–Kier alpha value is -1.49. The molecule has 0 atom stereocenters. The number of para-hydroxylation sites is 2. The van der Waals surface area contributed by atoms with Crippen LogP contribution in [-0.2, 0) is 4.79 Å². The van der Waals surface area contributed by atoms with Crippen molar-refractivity contribution < 1.29 is 9.21 Å². The topological polar surface area (TPSA) is 55.1 Å². The Morgan fingerprint density at radius 1 is 1.44 bits per heavy atom. The van der Waals surface area contributed by atoms with E-state index in [4.69, 9.17) is 4.42 Å². The number of carbonyl (C=O) groups excluding carboxylic acids is 1. The maximum atomic E-state index is 11.5. The Morgan fingerprint density at radius 3 is 3.06 bits per heavy atom. The van der Waals surface area contributed by atoms with Crippen LogP contribution in [0.5, 0.6) is 0 Å². The van der Waals surface area contributed by atoms with Crippen molar-refractivity contribution in [2.75, 3.05) is 12.3 Å².